The molecule has 4 nitrogen and oxygen atoms in total. The van der Waals surface area contributed by atoms with E-state index in [9.17, 15) is 4.79 Å². The number of aryl methyl sites for hydroxylation is 2. The highest BCUT2D eigenvalue weighted by atomic mass is 32.2. The van der Waals surface area contributed by atoms with E-state index in [-0.39, 0.29) is 11.2 Å². The third kappa shape index (κ3) is 2.78. The van der Waals surface area contributed by atoms with Crippen molar-refractivity contribution in [1.82, 2.24) is 10.1 Å². The van der Waals surface area contributed by atoms with E-state index in [0.717, 1.165) is 17.0 Å². The Kier molecular flexibility index (Phi) is 4.41. The van der Waals surface area contributed by atoms with Gasteiger partial charge < -0.3 is 9.42 Å². The summed E-state index contributed by atoms with van der Waals surface area (Å²) in [6.45, 7) is 6.23. The van der Waals surface area contributed by atoms with E-state index >= 15 is 0 Å². The number of hydrogen-bond donors (Lipinski definition) is 0. The Morgan fingerprint density at radius 2 is 2.19 bits per heavy atom. The molecule has 0 bridgehead atoms. The number of aromatic nitrogens is 1. The summed E-state index contributed by atoms with van der Waals surface area (Å²) >= 11 is 1.55. The summed E-state index contributed by atoms with van der Waals surface area (Å²) in [6, 6.07) is 0. The molecule has 0 N–H and O–H groups in total. The van der Waals surface area contributed by atoms with Crippen LogP contribution in [0.4, 0.5) is 0 Å². The van der Waals surface area contributed by atoms with Crippen molar-refractivity contribution in [3.63, 3.8) is 0 Å². The quantitative estimate of drug-likeness (QED) is 0.810. The summed E-state index contributed by atoms with van der Waals surface area (Å²) in [4.78, 5) is 13.6. The summed E-state index contributed by atoms with van der Waals surface area (Å²) in [5.41, 5.74) is 1.86. The number of carbonyl (C=O) groups is 1. The number of carbonyl (C=O) groups excluding carboxylic acids is 1. The van der Waals surface area contributed by atoms with Crippen LogP contribution in [0.25, 0.3) is 0 Å². The van der Waals surface area contributed by atoms with Crippen molar-refractivity contribution in [2.24, 2.45) is 0 Å². The van der Waals surface area contributed by atoms with Gasteiger partial charge in [0.15, 0.2) is 0 Å². The molecule has 1 atom stereocenters. The number of nitrogens with zero attached hydrogens (tertiary/aromatic N) is 2. The van der Waals surface area contributed by atoms with Crippen LogP contribution in [0.2, 0.25) is 0 Å². The van der Waals surface area contributed by atoms with Crippen LogP contribution in [0.15, 0.2) is 4.52 Å². The zero-order valence-electron chi connectivity index (χ0n) is 10.4. The predicted molar refractivity (Wildman–Crippen MR) is 65.4 cm³/mol. The minimum absolute atomic E-state index is 0.00882. The molecule has 0 aliphatic carbocycles. The first kappa shape index (κ1) is 13.1. The number of thioether (sulfide) groups is 1. The van der Waals surface area contributed by atoms with E-state index in [0.29, 0.717) is 6.54 Å². The van der Waals surface area contributed by atoms with E-state index in [1.54, 1.807) is 23.7 Å². The molecule has 1 rings (SSSR count). The number of rotatable bonds is 4. The van der Waals surface area contributed by atoms with Crippen LogP contribution >= 0.6 is 11.8 Å². The van der Waals surface area contributed by atoms with Crippen LogP contribution in [-0.2, 0) is 11.3 Å². The van der Waals surface area contributed by atoms with E-state index in [1.807, 2.05) is 27.0 Å². The Hall–Kier alpha value is -0.970. The monoisotopic (exact) mass is 242 g/mol. The second-order valence-corrected chi connectivity index (χ2v) is 5.05. The van der Waals surface area contributed by atoms with Crippen LogP contribution in [0.1, 0.15) is 23.9 Å². The Labute approximate surface area is 100 Å². The Bertz CT molecular complexity index is 357. The molecule has 0 spiro atoms. The van der Waals surface area contributed by atoms with Crippen LogP contribution in [0.5, 0.6) is 0 Å². The van der Waals surface area contributed by atoms with Crippen molar-refractivity contribution in [3.8, 4) is 0 Å². The molecule has 0 fully saturated rings. The molecule has 0 aromatic carbocycles. The predicted octanol–water partition coefficient (Wildman–Crippen LogP) is 2.00. The van der Waals surface area contributed by atoms with Gasteiger partial charge in [-0.3, -0.25) is 4.79 Å². The molecular weight excluding hydrogens is 224 g/mol. The van der Waals surface area contributed by atoms with Gasteiger partial charge in [0, 0.05) is 12.6 Å². The normalized spacial score (nSPS) is 12.6. The Morgan fingerprint density at radius 1 is 1.56 bits per heavy atom. The SMILES string of the molecule is CS[C@@H](C)C(=O)N(C)Cc1c(C)noc1C. The molecule has 1 heterocycles. The van der Waals surface area contributed by atoms with Gasteiger partial charge in [-0.05, 0) is 27.0 Å². The minimum atomic E-state index is -0.00882. The molecule has 5 heteroatoms. The summed E-state index contributed by atoms with van der Waals surface area (Å²) in [5.74, 6) is 0.918. The molecule has 0 saturated carbocycles. The Balaban J connectivity index is 2.71. The lowest BCUT2D eigenvalue weighted by Crippen LogP contribution is -2.32. The summed E-state index contributed by atoms with van der Waals surface area (Å²) in [7, 11) is 1.81. The molecule has 1 aromatic heterocycles. The lowest BCUT2D eigenvalue weighted by molar-refractivity contribution is -0.129. The first-order valence-electron chi connectivity index (χ1n) is 5.17. The van der Waals surface area contributed by atoms with Crippen molar-refractivity contribution in [1.29, 1.82) is 0 Å². The number of hydrogen-bond acceptors (Lipinski definition) is 4. The second-order valence-electron chi connectivity index (χ2n) is 3.87. The van der Waals surface area contributed by atoms with Crippen molar-refractivity contribution < 1.29 is 9.32 Å². The first-order valence-corrected chi connectivity index (χ1v) is 6.45. The van der Waals surface area contributed by atoms with E-state index in [1.165, 1.54) is 0 Å². The molecule has 0 unspecified atom stereocenters. The molecule has 16 heavy (non-hydrogen) atoms. The van der Waals surface area contributed by atoms with Crippen molar-refractivity contribution >= 4 is 17.7 Å². The van der Waals surface area contributed by atoms with Gasteiger partial charge in [-0.1, -0.05) is 5.16 Å². The van der Waals surface area contributed by atoms with Crippen molar-refractivity contribution in [3.05, 3.63) is 17.0 Å². The molecule has 1 aromatic rings. The highest BCUT2D eigenvalue weighted by Gasteiger charge is 2.19. The van der Waals surface area contributed by atoms with Gasteiger partial charge in [-0.25, -0.2) is 0 Å². The fourth-order valence-electron chi connectivity index (χ4n) is 1.45. The van der Waals surface area contributed by atoms with Gasteiger partial charge in [-0.15, -0.1) is 0 Å². The smallest absolute Gasteiger partial charge is 0.235 e. The van der Waals surface area contributed by atoms with Crippen LogP contribution in [-0.4, -0.2) is 34.5 Å². The summed E-state index contributed by atoms with van der Waals surface area (Å²) in [5, 5.41) is 3.87. The van der Waals surface area contributed by atoms with Gasteiger partial charge in [-0.2, -0.15) is 11.8 Å². The standard InChI is InChI=1S/C11H18N2O2S/c1-7-10(8(2)15-12-7)6-13(4)11(14)9(3)16-5/h9H,6H2,1-5H3/t9-/m0/s1. The third-order valence-corrected chi connectivity index (χ3v) is 3.56. The van der Waals surface area contributed by atoms with Gasteiger partial charge in [0.25, 0.3) is 0 Å². The van der Waals surface area contributed by atoms with Crippen molar-refractivity contribution in [2.75, 3.05) is 13.3 Å². The minimum Gasteiger partial charge on any atom is -0.361 e. The maximum absolute atomic E-state index is 11.9. The van der Waals surface area contributed by atoms with Crippen molar-refractivity contribution in [2.45, 2.75) is 32.6 Å². The van der Waals surface area contributed by atoms with Crippen LogP contribution < -0.4 is 0 Å². The lowest BCUT2D eigenvalue weighted by Gasteiger charge is -2.20. The first-order chi connectivity index (χ1) is 7.47. The topological polar surface area (TPSA) is 46.3 Å². The van der Waals surface area contributed by atoms with Gasteiger partial charge in [0.1, 0.15) is 5.76 Å². The average molecular weight is 242 g/mol. The maximum atomic E-state index is 11.9. The van der Waals surface area contributed by atoms with Crippen LogP contribution in [0.3, 0.4) is 0 Å². The molecule has 0 saturated heterocycles. The molecule has 0 radical (unpaired) electrons. The molecule has 90 valence electrons. The van der Waals surface area contributed by atoms with E-state index in [2.05, 4.69) is 5.16 Å². The van der Waals surface area contributed by atoms with Crippen LogP contribution in [0, 0.1) is 13.8 Å². The fraction of sp³-hybridized carbons (Fsp3) is 0.636. The van der Waals surface area contributed by atoms with Gasteiger partial charge in [0.2, 0.25) is 5.91 Å². The highest BCUT2D eigenvalue weighted by molar-refractivity contribution is 7.99. The largest absolute Gasteiger partial charge is 0.361 e. The third-order valence-electron chi connectivity index (χ3n) is 2.65. The maximum Gasteiger partial charge on any atom is 0.235 e. The second kappa shape index (κ2) is 5.39. The molecule has 0 aliphatic rings. The molecular formula is C11H18N2O2S. The summed E-state index contributed by atoms with van der Waals surface area (Å²) < 4.78 is 5.07. The molecule has 1 amide bonds. The zero-order chi connectivity index (χ0) is 12.3. The summed E-state index contributed by atoms with van der Waals surface area (Å²) in [6.07, 6.45) is 1.94. The zero-order valence-corrected chi connectivity index (χ0v) is 11.2. The van der Waals surface area contributed by atoms with Gasteiger partial charge >= 0.3 is 0 Å². The average Bonchev–Trinajstić information content (AvgIpc) is 2.58. The van der Waals surface area contributed by atoms with E-state index < -0.39 is 0 Å². The fourth-order valence-corrected chi connectivity index (χ4v) is 1.84. The number of amides is 1. The Morgan fingerprint density at radius 3 is 2.62 bits per heavy atom. The molecule has 0 aliphatic heterocycles. The van der Waals surface area contributed by atoms with Gasteiger partial charge in [0.05, 0.1) is 17.5 Å². The lowest BCUT2D eigenvalue weighted by atomic mass is 10.2. The van der Waals surface area contributed by atoms with E-state index in [4.69, 9.17) is 4.52 Å². The highest BCUT2D eigenvalue weighted by Crippen LogP contribution is 2.16.